The Labute approximate surface area is 109 Å². The van der Waals surface area contributed by atoms with E-state index in [2.05, 4.69) is 4.74 Å². The number of carbonyl (C=O) groups is 1. The van der Waals surface area contributed by atoms with Gasteiger partial charge in [0.15, 0.2) is 0 Å². The lowest BCUT2D eigenvalue weighted by molar-refractivity contribution is -0.147. The van der Waals surface area contributed by atoms with Crippen molar-refractivity contribution in [2.45, 2.75) is 25.3 Å². The monoisotopic (exact) mass is 263 g/mol. The second-order valence-corrected chi connectivity index (χ2v) is 4.23. The summed E-state index contributed by atoms with van der Waals surface area (Å²) in [5.74, 6) is -0.422. The zero-order chi connectivity index (χ0) is 13.9. The van der Waals surface area contributed by atoms with Crippen LogP contribution in [0.2, 0.25) is 0 Å². The van der Waals surface area contributed by atoms with E-state index in [1.165, 1.54) is 7.11 Å². The van der Waals surface area contributed by atoms with Crippen LogP contribution in [0.15, 0.2) is 0 Å². The van der Waals surface area contributed by atoms with Gasteiger partial charge in [0.1, 0.15) is 5.54 Å². The van der Waals surface area contributed by atoms with Crippen molar-refractivity contribution >= 4 is 5.97 Å². The van der Waals surface area contributed by atoms with Gasteiger partial charge < -0.3 is 24.7 Å². The first-order valence-electron chi connectivity index (χ1n) is 6.06. The molecule has 108 valence electrons. The Kier molecular flexibility index (Phi) is 9.86. The largest absolute Gasteiger partial charge is 0.468 e. The molecule has 0 fully saturated rings. The van der Waals surface area contributed by atoms with Gasteiger partial charge in [0.2, 0.25) is 0 Å². The highest BCUT2D eigenvalue weighted by atomic mass is 16.5. The lowest BCUT2D eigenvalue weighted by Gasteiger charge is -2.20. The minimum absolute atomic E-state index is 0.422. The van der Waals surface area contributed by atoms with E-state index in [-0.39, 0.29) is 0 Å². The van der Waals surface area contributed by atoms with Crippen molar-refractivity contribution in [2.24, 2.45) is 5.73 Å². The summed E-state index contributed by atoms with van der Waals surface area (Å²) < 4.78 is 20.1. The maximum Gasteiger partial charge on any atom is 0.325 e. The van der Waals surface area contributed by atoms with Crippen LogP contribution < -0.4 is 5.73 Å². The van der Waals surface area contributed by atoms with Crippen molar-refractivity contribution in [1.29, 1.82) is 0 Å². The molecule has 0 aliphatic carbocycles. The van der Waals surface area contributed by atoms with E-state index in [4.69, 9.17) is 19.9 Å². The van der Waals surface area contributed by atoms with Gasteiger partial charge in [-0.25, -0.2) is 0 Å². The third-order valence-corrected chi connectivity index (χ3v) is 2.43. The molecule has 0 aliphatic rings. The molecule has 0 aliphatic heterocycles. The molecule has 0 bridgehead atoms. The number of nitrogens with two attached hydrogens (primary N) is 1. The van der Waals surface area contributed by atoms with Gasteiger partial charge in [-0.1, -0.05) is 0 Å². The highest BCUT2D eigenvalue weighted by Gasteiger charge is 2.28. The Balaban J connectivity index is 3.37. The van der Waals surface area contributed by atoms with Crippen molar-refractivity contribution in [1.82, 2.24) is 0 Å². The Bertz CT molecular complexity index is 221. The van der Waals surface area contributed by atoms with Crippen LogP contribution in [0.1, 0.15) is 19.8 Å². The molecule has 0 heterocycles. The van der Waals surface area contributed by atoms with Crippen molar-refractivity contribution in [3.05, 3.63) is 0 Å². The summed E-state index contributed by atoms with van der Waals surface area (Å²) in [4.78, 5) is 11.3. The van der Waals surface area contributed by atoms with E-state index in [0.29, 0.717) is 39.5 Å². The maximum atomic E-state index is 11.3. The molecule has 0 amide bonds. The molecule has 0 aromatic rings. The average molecular weight is 263 g/mol. The molecule has 1 unspecified atom stereocenters. The highest BCUT2D eigenvalue weighted by molar-refractivity contribution is 5.79. The first-order valence-corrected chi connectivity index (χ1v) is 6.06. The van der Waals surface area contributed by atoms with Crippen molar-refractivity contribution in [3.8, 4) is 0 Å². The lowest BCUT2D eigenvalue weighted by atomic mass is 10.0. The predicted octanol–water partition coefficient (Wildman–Crippen LogP) is 0.337. The van der Waals surface area contributed by atoms with E-state index in [9.17, 15) is 4.79 Å². The number of carbonyl (C=O) groups excluding carboxylic acids is 1. The van der Waals surface area contributed by atoms with Crippen LogP contribution in [-0.4, -0.2) is 58.8 Å². The summed E-state index contributed by atoms with van der Waals surface area (Å²) in [6.45, 7) is 4.49. The van der Waals surface area contributed by atoms with Gasteiger partial charge in [0.05, 0.1) is 20.3 Å². The van der Waals surface area contributed by atoms with E-state index >= 15 is 0 Å². The fourth-order valence-electron chi connectivity index (χ4n) is 1.23. The second kappa shape index (κ2) is 10.3. The Morgan fingerprint density at radius 1 is 1.06 bits per heavy atom. The number of hydrogen-bond donors (Lipinski definition) is 1. The van der Waals surface area contributed by atoms with Crippen LogP contribution in [0.4, 0.5) is 0 Å². The minimum atomic E-state index is -0.982. The van der Waals surface area contributed by atoms with Gasteiger partial charge in [-0.15, -0.1) is 0 Å². The standard InChI is InChI=1S/C12H25NO5/c1-12(13,11(14)16-3)5-8-17-6-4-7-18-10-9-15-2/h4-10,13H2,1-3H3. The number of hydrogen-bond acceptors (Lipinski definition) is 6. The summed E-state index contributed by atoms with van der Waals surface area (Å²) in [7, 11) is 2.96. The zero-order valence-corrected chi connectivity index (χ0v) is 11.6. The van der Waals surface area contributed by atoms with Crippen LogP contribution in [0.25, 0.3) is 0 Å². The van der Waals surface area contributed by atoms with E-state index in [1.807, 2.05) is 0 Å². The molecule has 6 nitrogen and oxygen atoms in total. The third-order valence-electron chi connectivity index (χ3n) is 2.43. The molecule has 18 heavy (non-hydrogen) atoms. The molecule has 2 N–H and O–H groups in total. The van der Waals surface area contributed by atoms with Crippen molar-refractivity contribution in [3.63, 3.8) is 0 Å². The van der Waals surface area contributed by atoms with E-state index in [0.717, 1.165) is 6.42 Å². The second-order valence-electron chi connectivity index (χ2n) is 4.23. The number of ether oxygens (including phenoxy) is 4. The molecular weight excluding hydrogens is 238 g/mol. The van der Waals surface area contributed by atoms with Crippen LogP contribution in [-0.2, 0) is 23.7 Å². The molecule has 6 heteroatoms. The smallest absolute Gasteiger partial charge is 0.325 e. The van der Waals surface area contributed by atoms with Crippen LogP contribution in [0.5, 0.6) is 0 Å². The number of rotatable bonds is 11. The summed E-state index contributed by atoms with van der Waals surface area (Å²) in [6.07, 6.45) is 1.24. The molecule has 1 atom stereocenters. The molecule has 0 rings (SSSR count). The van der Waals surface area contributed by atoms with Gasteiger partial charge in [0, 0.05) is 26.9 Å². The Morgan fingerprint density at radius 2 is 1.67 bits per heavy atom. The fraction of sp³-hybridized carbons (Fsp3) is 0.917. The Morgan fingerprint density at radius 3 is 2.22 bits per heavy atom. The summed E-state index contributed by atoms with van der Waals surface area (Å²) in [6, 6.07) is 0. The zero-order valence-electron chi connectivity index (χ0n) is 11.6. The highest BCUT2D eigenvalue weighted by Crippen LogP contribution is 2.07. The van der Waals surface area contributed by atoms with E-state index in [1.54, 1.807) is 14.0 Å². The maximum absolute atomic E-state index is 11.3. The molecule has 0 radical (unpaired) electrons. The molecule has 0 saturated carbocycles. The first kappa shape index (κ1) is 17.3. The predicted molar refractivity (Wildman–Crippen MR) is 67.4 cm³/mol. The SMILES string of the molecule is COCCOCCCOCCC(C)(N)C(=O)OC. The molecule has 0 saturated heterocycles. The summed E-state index contributed by atoms with van der Waals surface area (Å²) in [5.41, 5.74) is 4.79. The van der Waals surface area contributed by atoms with Gasteiger partial charge in [0.25, 0.3) is 0 Å². The van der Waals surface area contributed by atoms with Crippen LogP contribution in [0, 0.1) is 0 Å². The number of esters is 1. The van der Waals surface area contributed by atoms with Gasteiger partial charge in [-0.3, -0.25) is 4.79 Å². The summed E-state index contributed by atoms with van der Waals surface area (Å²) >= 11 is 0. The normalized spacial score (nSPS) is 14.2. The third kappa shape index (κ3) is 8.41. The minimum Gasteiger partial charge on any atom is -0.468 e. The van der Waals surface area contributed by atoms with E-state index < -0.39 is 11.5 Å². The topological polar surface area (TPSA) is 80.0 Å². The Hall–Kier alpha value is -0.690. The van der Waals surface area contributed by atoms with Crippen LogP contribution in [0.3, 0.4) is 0 Å². The molecule has 0 aromatic heterocycles. The lowest BCUT2D eigenvalue weighted by Crippen LogP contribution is -2.46. The van der Waals surface area contributed by atoms with Gasteiger partial charge >= 0.3 is 5.97 Å². The van der Waals surface area contributed by atoms with Gasteiger partial charge in [-0.2, -0.15) is 0 Å². The number of methoxy groups -OCH3 is 2. The average Bonchev–Trinajstić information content (AvgIpc) is 2.35. The molecule has 0 spiro atoms. The quantitative estimate of drug-likeness (QED) is 0.427. The van der Waals surface area contributed by atoms with Gasteiger partial charge in [-0.05, 0) is 19.8 Å². The molecular formula is C12H25NO5. The van der Waals surface area contributed by atoms with Crippen LogP contribution >= 0.6 is 0 Å². The fourth-order valence-corrected chi connectivity index (χ4v) is 1.23. The molecule has 0 aromatic carbocycles. The van der Waals surface area contributed by atoms with Crippen molar-refractivity contribution < 1.29 is 23.7 Å². The van der Waals surface area contributed by atoms with Crippen molar-refractivity contribution in [2.75, 3.05) is 47.3 Å². The summed E-state index contributed by atoms with van der Waals surface area (Å²) in [5, 5.41) is 0. The first-order chi connectivity index (χ1) is 8.54.